The van der Waals surface area contributed by atoms with Crippen molar-refractivity contribution in [3.05, 3.63) is 89.3 Å². The Morgan fingerprint density at radius 2 is 1.68 bits per heavy atom. The first-order valence-electron chi connectivity index (χ1n) is 12.3. The van der Waals surface area contributed by atoms with E-state index in [-0.39, 0.29) is 30.4 Å². The normalized spacial score (nSPS) is 14.6. The van der Waals surface area contributed by atoms with Crippen molar-refractivity contribution in [2.45, 2.75) is 17.9 Å². The van der Waals surface area contributed by atoms with Crippen molar-refractivity contribution in [2.24, 2.45) is 0 Å². The molecule has 1 aromatic heterocycles. The lowest BCUT2D eigenvalue weighted by atomic mass is 10.1. The Labute approximate surface area is 223 Å². The molecule has 8 nitrogen and oxygen atoms in total. The number of carbonyl (C=O) groups excluding carboxylic acids is 1. The molecular formula is C27H32ClN3O5S. The molecule has 1 fully saturated rings. The summed E-state index contributed by atoms with van der Waals surface area (Å²) >= 11 is 5.99. The van der Waals surface area contributed by atoms with Crippen LogP contribution in [-0.4, -0.2) is 80.9 Å². The van der Waals surface area contributed by atoms with Crippen LogP contribution < -0.4 is 0 Å². The van der Waals surface area contributed by atoms with Crippen molar-refractivity contribution in [3.8, 4) is 0 Å². The van der Waals surface area contributed by atoms with Crippen molar-refractivity contribution < 1.29 is 22.4 Å². The van der Waals surface area contributed by atoms with Crippen LogP contribution in [0.4, 0.5) is 0 Å². The summed E-state index contributed by atoms with van der Waals surface area (Å²) in [7, 11) is -3.93. The molecule has 1 saturated heterocycles. The second-order valence-electron chi connectivity index (χ2n) is 8.88. The van der Waals surface area contributed by atoms with E-state index in [1.54, 1.807) is 29.4 Å². The van der Waals surface area contributed by atoms with Crippen LogP contribution in [0.3, 0.4) is 0 Å². The van der Waals surface area contributed by atoms with Crippen LogP contribution in [0.15, 0.2) is 82.3 Å². The molecule has 2 aromatic carbocycles. The van der Waals surface area contributed by atoms with Gasteiger partial charge in [0.15, 0.2) is 0 Å². The Hall–Kier alpha value is -2.69. The highest BCUT2D eigenvalue weighted by molar-refractivity contribution is 7.89. The fourth-order valence-electron chi connectivity index (χ4n) is 4.16. The lowest BCUT2D eigenvalue weighted by Crippen LogP contribution is -2.47. The first-order valence-corrected chi connectivity index (χ1v) is 14.1. The number of sulfonamides is 1. The molecule has 0 atom stereocenters. The van der Waals surface area contributed by atoms with Crippen LogP contribution in [0.2, 0.25) is 5.02 Å². The van der Waals surface area contributed by atoms with Crippen LogP contribution in [0, 0.1) is 0 Å². The summed E-state index contributed by atoms with van der Waals surface area (Å²) in [5.41, 5.74) is 1.10. The molecular weight excluding hydrogens is 514 g/mol. The lowest BCUT2D eigenvalue weighted by Gasteiger charge is -2.31. The van der Waals surface area contributed by atoms with Crippen LogP contribution in [0.1, 0.15) is 11.3 Å². The molecule has 0 saturated carbocycles. The monoisotopic (exact) mass is 545 g/mol. The predicted octanol–water partition coefficient (Wildman–Crippen LogP) is 3.53. The van der Waals surface area contributed by atoms with Crippen LogP contribution in [0.5, 0.6) is 0 Å². The molecule has 2 heterocycles. The van der Waals surface area contributed by atoms with Gasteiger partial charge in [-0.15, -0.1) is 0 Å². The van der Waals surface area contributed by atoms with Crippen molar-refractivity contribution in [2.75, 3.05) is 52.5 Å². The highest BCUT2D eigenvalue weighted by Crippen LogP contribution is 2.19. The number of hydrogen-bond donors (Lipinski definition) is 0. The first-order chi connectivity index (χ1) is 17.9. The van der Waals surface area contributed by atoms with E-state index in [1.165, 1.54) is 16.4 Å². The molecule has 1 amide bonds. The third-order valence-corrected chi connectivity index (χ3v) is 8.44. The molecule has 1 aliphatic heterocycles. The van der Waals surface area contributed by atoms with Gasteiger partial charge in [0, 0.05) is 37.7 Å². The van der Waals surface area contributed by atoms with Gasteiger partial charge in [-0.3, -0.25) is 9.69 Å². The van der Waals surface area contributed by atoms with Gasteiger partial charge in [0.2, 0.25) is 15.9 Å². The molecule has 4 rings (SSSR count). The number of benzene rings is 2. The quantitative estimate of drug-likeness (QED) is 0.346. The first kappa shape index (κ1) is 27.3. The third kappa shape index (κ3) is 7.90. The molecule has 0 aliphatic carbocycles. The summed E-state index contributed by atoms with van der Waals surface area (Å²) < 4.78 is 39.4. The zero-order chi connectivity index (χ0) is 26.1. The molecule has 10 heteroatoms. The van der Waals surface area contributed by atoms with Crippen LogP contribution in [0.25, 0.3) is 0 Å². The number of furan rings is 1. The van der Waals surface area contributed by atoms with E-state index < -0.39 is 10.0 Å². The number of amides is 1. The maximum absolute atomic E-state index is 13.6. The Bertz CT molecular complexity index is 1210. The zero-order valence-electron chi connectivity index (χ0n) is 20.7. The van der Waals surface area contributed by atoms with Gasteiger partial charge in [-0.05, 0) is 48.4 Å². The summed E-state index contributed by atoms with van der Waals surface area (Å²) in [6, 6.07) is 19.5. The summed E-state index contributed by atoms with van der Waals surface area (Å²) in [4.78, 5) is 17.5. The standard InChI is InChI=1S/C27H32ClN3O5S/c28-24-8-10-26(11-9-24)37(33,34)31(15-14-29-16-19-35-20-17-29)22-27(32)30(21-25-7-4-18-36-25)13-12-23-5-2-1-3-6-23/h1-11,18H,12-17,19-22H2. The van der Waals surface area contributed by atoms with Gasteiger partial charge in [-0.2, -0.15) is 4.31 Å². The second kappa shape index (κ2) is 13.2. The number of halogens is 1. The van der Waals surface area contributed by atoms with Gasteiger partial charge in [0.1, 0.15) is 5.76 Å². The topological polar surface area (TPSA) is 83.3 Å². The van der Waals surface area contributed by atoms with Gasteiger partial charge < -0.3 is 14.1 Å². The van der Waals surface area contributed by atoms with Crippen molar-refractivity contribution in [3.63, 3.8) is 0 Å². The molecule has 0 bridgehead atoms. The number of rotatable bonds is 12. The van der Waals surface area contributed by atoms with Crippen molar-refractivity contribution in [1.82, 2.24) is 14.1 Å². The lowest BCUT2D eigenvalue weighted by molar-refractivity contribution is -0.132. The predicted molar refractivity (Wildman–Crippen MR) is 142 cm³/mol. The number of ether oxygens (including phenoxy) is 1. The number of nitrogens with zero attached hydrogens (tertiary/aromatic N) is 3. The fourth-order valence-corrected chi connectivity index (χ4v) is 5.67. The molecule has 0 spiro atoms. The highest BCUT2D eigenvalue weighted by Gasteiger charge is 2.29. The molecule has 0 unspecified atom stereocenters. The smallest absolute Gasteiger partial charge is 0.243 e. The number of morpholine rings is 1. The van der Waals surface area contributed by atoms with E-state index in [9.17, 15) is 13.2 Å². The van der Waals surface area contributed by atoms with Gasteiger partial charge in [0.25, 0.3) is 0 Å². The Morgan fingerprint density at radius 1 is 0.946 bits per heavy atom. The van der Waals surface area contributed by atoms with E-state index in [1.807, 2.05) is 36.4 Å². The van der Waals surface area contributed by atoms with Gasteiger partial charge in [-0.1, -0.05) is 41.9 Å². The fraction of sp³-hybridized carbons (Fsp3) is 0.370. The minimum Gasteiger partial charge on any atom is -0.467 e. The molecule has 37 heavy (non-hydrogen) atoms. The Morgan fingerprint density at radius 3 is 2.35 bits per heavy atom. The molecule has 0 radical (unpaired) electrons. The van der Waals surface area contributed by atoms with Gasteiger partial charge in [-0.25, -0.2) is 8.42 Å². The van der Waals surface area contributed by atoms with E-state index in [0.29, 0.717) is 43.5 Å². The van der Waals surface area contributed by atoms with Crippen molar-refractivity contribution >= 4 is 27.5 Å². The maximum Gasteiger partial charge on any atom is 0.243 e. The third-order valence-electron chi connectivity index (χ3n) is 6.33. The number of carbonyl (C=O) groups is 1. The minimum absolute atomic E-state index is 0.105. The molecule has 3 aromatic rings. The summed E-state index contributed by atoms with van der Waals surface area (Å²) in [6.45, 7) is 3.78. The summed E-state index contributed by atoms with van der Waals surface area (Å²) in [5, 5.41) is 0.445. The van der Waals surface area contributed by atoms with Crippen LogP contribution >= 0.6 is 11.6 Å². The van der Waals surface area contributed by atoms with E-state index in [4.69, 9.17) is 20.8 Å². The van der Waals surface area contributed by atoms with E-state index >= 15 is 0 Å². The average Bonchev–Trinajstić information content (AvgIpc) is 3.43. The van der Waals surface area contributed by atoms with Gasteiger partial charge >= 0.3 is 0 Å². The minimum atomic E-state index is -3.93. The molecule has 1 aliphatic rings. The van der Waals surface area contributed by atoms with Crippen LogP contribution in [-0.2, 0) is 32.5 Å². The summed E-state index contributed by atoms with van der Waals surface area (Å²) in [5.74, 6) is 0.355. The number of hydrogen-bond acceptors (Lipinski definition) is 6. The van der Waals surface area contributed by atoms with Crippen molar-refractivity contribution in [1.29, 1.82) is 0 Å². The molecule has 0 N–H and O–H groups in total. The maximum atomic E-state index is 13.6. The zero-order valence-corrected chi connectivity index (χ0v) is 22.2. The van der Waals surface area contributed by atoms with Gasteiger partial charge in [0.05, 0.1) is 37.5 Å². The summed E-state index contributed by atoms with van der Waals surface area (Å²) in [6.07, 6.45) is 2.21. The largest absolute Gasteiger partial charge is 0.467 e. The highest BCUT2D eigenvalue weighted by atomic mass is 35.5. The van der Waals surface area contributed by atoms with E-state index in [2.05, 4.69) is 4.90 Å². The van der Waals surface area contributed by atoms with E-state index in [0.717, 1.165) is 18.7 Å². The Kier molecular flexibility index (Phi) is 9.76. The Balaban J connectivity index is 1.53. The average molecular weight is 546 g/mol. The SMILES string of the molecule is O=C(CN(CCN1CCOCC1)S(=O)(=O)c1ccc(Cl)cc1)N(CCc1ccccc1)Cc1ccco1. The molecule has 198 valence electrons. The second-order valence-corrected chi connectivity index (χ2v) is 11.3.